The summed E-state index contributed by atoms with van der Waals surface area (Å²) in [5, 5.41) is 0. The monoisotopic (exact) mass is 280 g/mol. The van der Waals surface area contributed by atoms with Crippen molar-refractivity contribution < 1.29 is 9.13 Å². The Balaban J connectivity index is 1.81. The molecule has 2 fully saturated rings. The number of hydrogen-bond acceptors (Lipinski definition) is 5. The molecule has 0 aromatic carbocycles. The van der Waals surface area contributed by atoms with Crippen LogP contribution >= 0.6 is 0 Å². The molecule has 2 aliphatic rings. The number of likely N-dealkylation sites (N-methyl/N-ethyl adjacent to an activating group) is 1. The number of piperidine rings is 1. The summed E-state index contributed by atoms with van der Waals surface area (Å²) in [5.74, 6) is 0.717. The Hall–Kier alpha value is -1.27. The van der Waals surface area contributed by atoms with Crippen LogP contribution in [0.2, 0.25) is 0 Å². The van der Waals surface area contributed by atoms with E-state index in [1.54, 1.807) is 0 Å². The van der Waals surface area contributed by atoms with Gasteiger partial charge in [-0.05, 0) is 26.9 Å². The lowest BCUT2D eigenvalue weighted by Crippen LogP contribution is -2.60. The van der Waals surface area contributed by atoms with Crippen LogP contribution in [-0.2, 0) is 4.74 Å². The van der Waals surface area contributed by atoms with Crippen LogP contribution in [0.25, 0.3) is 0 Å². The molecular weight excluding hydrogens is 259 g/mol. The van der Waals surface area contributed by atoms with Gasteiger partial charge in [-0.2, -0.15) is 0 Å². The molecule has 1 aromatic rings. The Kier molecular flexibility index (Phi) is 3.85. The third kappa shape index (κ3) is 2.62. The fraction of sp³-hybridized carbons (Fsp3) is 0.714. The lowest BCUT2D eigenvalue weighted by atomic mass is 9.85. The number of rotatable bonds is 2. The highest BCUT2D eigenvalue weighted by Crippen LogP contribution is 2.31. The predicted octanol–water partition coefficient (Wildman–Crippen LogP) is 1.16. The van der Waals surface area contributed by atoms with Crippen molar-refractivity contribution in [2.75, 3.05) is 38.7 Å². The van der Waals surface area contributed by atoms with E-state index in [1.807, 2.05) is 0 Å². The van der Waals surface area contributed by atoms with E-state index in [0.717, 1.165) is 26.1 Å². The predicted molar refractivity (Wildman–Crippen MR) is 74.1 cm³/mol. The van der Waals surface area contributed by atoms with Gasteiger partial charge in [-0.25, -0.2) is 14.4 Å². The summed E-state index contributed by atoms with van der Waals surface area (Å²) >= 11 is 0. The smallest absolute Gasteiger partial charge is 0.225 e. The normalized spacial score (nSPS) is 30.4. The van der Waals surface area contributed by atoms with Gasteiger partial charge in [0, 0.05) is 25.6 Å². The van der Waals surface area contributed by atoms with Gasteiger partial charge in [0.15, 0.2) is 5.82 Å². The second kappa shape index (κ2) is 5.61. The zero-order valence-corrected chi connectivity index (χ0v) is 12.0. The average molecular weight is 280 g/mol. The third-order valence-corrected chi connectivity index (χ3v) is 4.29. The number of anilines is 1. The molecule has 110 valence electrons. The highest BCUT2D eigenvalue weighted by atomic mass is 19.1. The van der Waals surface area contributed by atoms with Crippen LogP contribution in [0.15, 0.2) is 12.4 Å². The van der Waals surface area contributed by atoms with Crippen molar-refractivity contribution in [3.05, 3.63) is 18.2 Å². The van der Waals surface area contributed by atoms with Crippen LogP contribution in [0.1, 0.15) is 12.8 Å². The standard InChI is InChI=1S/C14H21FN4O/c1-18(2)12-9-19(14-16-6-11(15)7-17-14)8-10-4-3-5-20-13(10)12/h6-7,10,12-13H,3-5,8-9H2,1-2H3/t10-,12+,13-/m0/s1. The first-order chi connectivity index (χ1) is 9.65. The highest BCUT2D eigenvalue weighted by Gasteiger charge is 2.40. The highest BCUT2D eigenvalue weighted by molar-refractivity contribution is 5.31. The maximum Gasteiger partial charge on any atom is 0.225 e. The number of ether oxygens (including phenoxy) is 1. The zero-order chi connectivity index (χ0) is 14.1. The lowest BCUT2D eigenvalue weighted by Gasteiger charge is -2.47. The molecule has 6 heteroatoms. The minimum Gasteiger partial charge on any atom is -0.376 e. The summed E-state index contributed by atoms with van der Waals surface area (Å²) in [6.45, 7) is 2.57. The zero-order valence-electron chi connectivity index (χ0n) is 12.0. The van der Waals surface area contributed by atoms with Crippen LogP contribution in [0.3, 0.4) is 0 Å². The molecule has 0 saturated carbocycles. The molecular formula is C14H21FN4O. The van der Waals surface area contributed by atoms with Crippen molar-refractivity contribution >= 4 is 5.95 Å². The summed E-state index contributed by atoms with van der Waals surface area (Å²) in [7, 11) is 4.16. The second-order valence-electron chi connectivity index (χ2n) is 5.87. The van der Waals surface area contributed by atoms with E-state index >= 15 is 0 Å². The summed E-state index contributed by atoms with van der Waals surface area (Å²) in [6.07, 6.45) is 5.04. The van der Waals surface area contributed by atoms with Crippen LogP contribution in [0.5, 0.6) is 0 Å². The van der Waals surface area contributed by atoms with E-state index in [0.29, 0.717) is 17.9 Å². The van der Waals surface area contributed by atoms with Crippen LogP contribution in [0.4, 0.5) is 10.3 Å². The molecule has 1 aromatic heterocycles. The largest absolute Gasteiger partial charge is 0.376 e. The van der Waals surface area contributed by atoms with Crippen molar-refractivity contribution in [1.29, 1.82) is 0 Å². The summed E-state index contributed by atoms with van der Waals surface area (Å²) in [6, 6.07) is 0.322. The second-order valence-corrected chi connectivity index (χ2v) is 5.87. The Morgan fingerprint density at radius 2 is 2.05 bits per heavy atom. The van der Waals surface area contributed by atoms with E-state index in [2.05, 4.69) is 33.9 Å². The molecule has 3 rings (SSSR count). The summed E-state index contributed by atoms with van der Waals surface area (Å²) < 4.78 is 18.9. The molecule has 0 aliphatic carbocycles. The van der Waals surface area contributed by atoms with E-state index in [1.165, 1.54) is 18.8 Å². The first-order valence-electron chi connectivity index (χ1n) is 7.15. The molecule has 0 bridgehead atoms. The number of nitrogens with zero attached hydrogens (tertiary/aromatic N) is 4. The van der Waals surface area contributed by atoms with Gasteiger partial charge in [-0.15, -0.1) is 0 Å². The van der Waals surface area contributed by atoms with Crippen LogP contribution in [0, 0.1) is 11.7 Å². The minimum atomic E-state index is -0.395. The van der Waals surface area contributed by atoms with Gasteiger partial charge in [-0.1, -0.05) is 0 Å². The molecule has 0 amide bonds. The molecule has 2 saturated heterocycles. The van der Waals surface area contributed by atoms with Crippen molar-refractivity contribution in [3.8, 4) is 0 Å². The number of fused-ring (bicyclic) bond motifs is 1. The van der Waals surface area contributed by atoms with Gasteiger partial charge in [-0.3, -0.25) is 0 Å². The van der Waals surface area contributed by atoms with Gasteiger partial charge in [0.1, 0.15) is 0 Å². The Morgan fingerprint density at radius 1 is 1.30 bits per heavy atom. The number of halogens is 1. The molecule has 2 aliphatic heterocycles. The molecule has 3 heterocycles. The topological polar surface area (TPSA) is 41.5 Å². The molecule has 5 nitrogen and oxygen atoms in total. The SMILES string of the molecule is CN(C)[C@@H]1CN(c2ncc(F)cn2)C[C@@H]2CCCO[C@@H]21. The maximum absolute atomic E-state index is 13.0. The molecule has 0 radical (unpaired) electrons. The quantitative estimate of drug-likeness (QED) is 0.813. The van der Waals surface area contributed by atoms with Gasteiger partial charge < -0.3 is 14.5 Å². The van der Waals surface area contributed by atoms with Gasteiger partial charge >= 0.3 is 0 Å². The molecule has 20 heavy (non-hydrogen) atoms. The molecule has 0 N–H and O–H groups in total. The lowest BCUT2D eigenvalue weighted by molar-refractivity contribution is -0.0744. The Labute approximate surface area is 118 Å². The average Bonchev–Trinajstić information content (AvgIpc) is 2.46. The van der Waals surface area contributed by atoms with Gasteiger partial charge in [0.05, 0.1) is 24.5 Å². The Morgan fingerprint density at radius 3 is 2.75 bits per heavy atom. The van der Waals surface area contributed by atoms with Crippen molar-refractivity contribution in [3.63, 3.8) is 0 Å². The van der Waals surface area contributed by atoms with Crippen molar-refractivity contribution in [1.82, 2.24) is 14.9 Å². The summed E-state index contributed by atoms with van der Waals surface area (Å²) in [5.41, 5.74) is 0. The third-order valence-electron chi connectivity index (χ3n) is 4.29. The molecule has 3 atom stereocenters. The fourth-order valence-electron chi connectivity index (χ4n) is 3.26. The molecule has 0 spiro atoms. The maximum atomic E-state index is 13.0. The first kappa shape index (κ1) is 13.7. The van der Waals surface area contributed by atoms with Gasteiger partial charge in [0.25, 0.3) is 0 Å². The first-order valence-corrected chi connectivity index (χ1v) is 7.15. The van der Waals surface area contributed by atoms with Crippen LogP contribution in [-0.4, -0.2) is 60.8 Å². The minimum absolute atomic E-state index is 0.287. The van der Waals surface area contributed by atoms with Crippen molar-refractivity contribution in [2.45, 2.75) is 25.0 Å². The number of aromatic nitrogens is 2. The van der Waals surface area contributed by atoms with Crippen LogP contribution < -0.4 is 4.90 Å². The fourth-order valence-corrected chi connectivity index (χ4v) is 3.26. The van der Waals surface area contributed by atoms with Gasteiger partial charge in [0.2, 0.25) is 5.95 Å². The Bertz CT molecular complexity index is 453. The van der Waals surface area contributed by atoms with E-state index < -0.39 is 5.82 Å². The molecule has 0 unspecified atom stereocenters. The van der Waals surface area contributed by atoms with Crippen molar-refractivity contribution in [2.24, 2.45) is 5.92 Å². The summed E-state index contributed by atoms with van der Waals surface area (Å²) in [4.78, 5) is 12.6. The van der Waals surface area contributed by atoms with E-state index in [9.17, 15) is 4.39 Å². The van der Waals surface area contributed by atoms with E-state index in [4.69, 9.17) is 4.74 Å². The van der Waals surface area contributed by atoms with E-state index in [-0.39, 0.29) is 6.10 Å². The number of hydrogen-bond donors (Lipinski definition) is 0.